The minimum atomic E-state index is 0.0563. The third-order valence-electron chi connectivity index (χ3n) is 2.78. The number of hydrogen-bond donors (Lipinski definition) is 1. The molecule has 1 nitrogen and oxygen atoms in total. The van der Waals surface area contributed by atoms with Crippen molar-refractivity contribution in [3.8, 4) is 0 Å². The third-order valence-corrected chi connectivity index (χ3v) is 3.49. The number of nitrogens with one attached hydrogen (secondary N) is 1. The summed E-state index contributed by atoms with van der Waals surface area (Å²) in [5, 5.41) is 4.99. The third kappa shape index (κ3) is 5.17. The lowest BCUT2D eigenvalue weighted by Crippen LogP contribution is -2.41. The van der Waals surface area contributed by atoms with Gasteiger partial charge < -0.3 is 5.32 Å². The fraction of sp³-hybridized carbons (Fsp3) is 0.600. The average Bonchev–Trinajstić information content (AvgIpc) is 2.12. The van der Waals surface area contributed by atoms with Crippen LogP contribution in [0.5, 0.6) is 0 Å². The van der Waals surface area contributed by atoms with Crippen LogP contribution in [0.3, 0.4) is 0 Å². The van der Waals surface area contributed by atoms with Gasteiger partial charge >= 0.3 is 0 Å². The van der Waals surface area contributed by atoms with E-state index in [0.29, 0.717) is 12.0 Å². The Kier molecular flexibility index (Phi) is 5.11. The van der Waals surface area contributed by atoms with Gasteiger partial charge in [0.15, 0.2) is 0 Å². The van der Waals surface area contributed by atoms with Gasteiger partial charge in [0.2, 0.25) is 0 Å². The van der Waals surface area contributed by atoms with Crippen LogP contribution in [0.15, 0.2) is 18.2 Å². The molecule has 0 saturated carbocycles. The molecule has 18 heavy (non-hydrogen) atoms. The summed E-state index contributed by atoms with van der Waals surface area (Å²) >= 11 is 12.3. The Morgan fingerprint density at radius 2 is 1.50 bits per heavy atom. The van der Waals surface area contributed by atoms with E-state index in [0.717, 1.165) is 22.0 Å². The first-order valence-electron chi connectivity index (χ1n) is 6.29. The van der Waals surface area contributed by atoms with Crippen LogP contribution in [-0.2, 0) is 6.54 Å². The number of rotatable bonds is 4. The second-order valence-corrected chi connectivity index (χ2v) is 7.49. The number of hydrogen-bond acceptors (Lipinski definition) is 1. The molecule has 0 aliphatic rings. The topological polar surface area (TPSA) is 12.0 Å². The Hall–Kier alpha value is -0.240. The molecule has 0 unspecified atom stereocenters. The normalized spacial score (nSPS) is 12.8. The van der Waals surface area contributed by atoms with Gasteiger partial charge in [-0.15, -0.1) is 0 Å². The maximum Gasteiger partial charge on any atom is 0.0465 e. The van der Waals surface area contributed by atoms with Gasteiger partial charge in [-0.3, -0.25) is 0 Å². The summed E-state index contributed by atoms with van der Waals surface area (Å²) in [4.78, 5) is 0. The van der Waals surface area contributed by atoms with Crippen LogP contribution in [0.25, 0.3) is 0 Å². The molecule has 0 aromatic heterocycles. The quantitative estimate of drug-likeness (QED) is 0.793. The van der Waals surface area contributed by atoms with E-state index in [2.05, 4.69) is 39.9 Å². The van der Waals surface area contributed by atoms with Gasteiger partial charge in [-0.1, -0.05) is 50.0 Å². The second-order valence-electron chi connectivity index (χ2n) is 6.68. The van der Waals surface area contributed by atoms with Gasteiger partial charge in [-0.2, -0.15) is 0 Å². The first kappa shape index (κ1) is 15.8. The lowest BCUT2D eigenvalue weighted by Gasteiger charge is -2.33. The molecule has 102 valence electrons. The Balaban J connectivity index is 2.70. The van der Waals surface area contributed by atoms with Crippen LogP contribution in [-0.4, -0.2) is 5.54 Å². The molecule has 0 amide bonds. The summed E-state index contributed by atoms with van der Waals surface area (Å²) in [6.07, 6.45) is 1.09. The summed E-state index contributed by atoms with van der Waals surface area (Å²) in [6, 6.07) is 5.62. The maximum atomic E-state index is 6.17. The van der Waals surface area contributed by atoms with Crippen LogP contribution in [0.2, 0.25) is 10.0 Å². The molecule has 1 aromatic rings. The molecule has 0 radical (unpaired) electrons. The Bertz CT molecular complexity index is 385. The lowest BCUT2D eigenvalue weighted by molar-refractivity contribution is 0.241. The molecule has 1 aromatic carbocycles. The lowest BCUT2D eigenvalue weighted by atomic mass is 9.82. The van der Waals surface area contributed by atoms with E-state index in [9.17, 15) is 0 Å². The van der Waals surface area contributed by atoms with E-state index in [4.69, 9.17) is 23.2 Å². The van der Waals surface area contributed by atoms with Crippen molar-refractivity contribution < 1.29 is 0 Å². The molecule has 0 fully saturated rings. The Morgan fingerprint density at radius 1 is 1.00 bits per heavy atom. The maximum absolute atomic E-state index is 6.17. The van der Waals surface area contributed by atoms with E-state index in [1.165, 1.54) is 0 Å². The molecule has 0 heterocycles. The van der Waals surface area contributed by atoms with Crippen molar-refractivity contribution in [1.29, 1.82) is 0 Å². The van der Waals surface area contributed by atoms with Crippen LogP contribution in [0, 0.1) is 5.41 Å². The van der Waals surface area contributed by atoms with Crippen molar-refractivity contribution in [2.24, 2.45) is 5.41 Å². The van der Waals surface area contributed by atoms with Crippen molar-refractivity contribution in [3.63, 3.8) is 0 Å². The standard InChI is InChI=1S/C15H23Cl2N/c1-14(2,3)10-15(4,5)18-9-11-12(16)7-6-8-13(11)17/h6-8,18H,9-10H2,1-5H3. The first-order valence-corrected chi connectivity index (χ1v) is 7.04. The summed E-state index contributed by atoms with van der Waals surface area (Å²) < 4.78 is 0. The molecule has 0 spiro atoms. The highest BCUT2D eigenvalue weighted by Gasteiger charge is 2.25. The Labute approximate surface area is 121 Å². The van der Waals surface area contributed by atoms with Crippen molar-refractivity contribution in [2.45, 2.75) is 53.1 Å². The van der Waals surface area contributed by atoms with E-state index >= 15 is 0 Å². The van der Waals surface area contributed by atoms with E-state index in [-0.39, 0.29) is 5.54 Å². The Morgan fingerprint density at radius 3 is 1.94 bits per heavy atom. The van der Waals surface area contributed by atoms with Gasteiger partial charge in [-0.05, 0) is 37.8 Å². The minimum absolute atomic E-state index is 0.0563. The van der Waals surface area contributed by atoms with Gasteiger partial charge in [0.05, 0.1) is 0 Å². The van der Waals surface area contributed by atoms with Crippen molar-refractivity contribution in [3.05, 3.63) is 33.8 Å². The summed E-state index contributed by atoms with van der Waals surface area (Å²) in [7, 11) is 0. The predicted molar refractivity (Wildman–Crippen MR) is 81.5 cm³/mol. The van der Waals surface area contributed by atoms with Crippen molar-refractivity contribution in [1.82, 2.24) is 5.32 Å². The molecule has 1 rings (SSSR count). The summed E-state index contributed by atoms with van der Waals surface area (Å²) in [5.41, 5.74) is 1.32. The molecule has 0 bridgehead atoms. The van der Waals surface area contributed by atoms with Crippen molar-refractivity contribution in [2.75, 3.05) is 0 Å². The number of benzene rings is 1. The first-order chi connectivity index (χ1) is 8.11. The zero-order valence-corrected chi connectivity index (χ0v) is 13.4. The fourth-order valence-corrected chi connectivity index (χ4v) is 2.95. The average molecular weight is 288 g/mol. The van der Waals surface area contributed by atoms with Crippen LogP contribution in [0.4, 0.5) is 0 Å². The zero-order valence-electron chi connectivity index (χ0n) is 11.9. The molecular formula is C15H23Cl2N. The molecule has 3 heteroatoms. The van der Waals surface area contributed by atoms with Gasteiger partial charge in [-0.25, -0.2) is 0 Å². The zero-order chi connectivity index (χ0) is 14.0. The minimum Gasteiger partial charge on any atom is -0.308 e. The summed E-state index contributed by atoms with van der Waals surface area (Å²) in [6.45, 7) is 11.9. The van der Waals surface area contributed by atoms with Gasteiger partial charge in [0.25, 0.3) is 0 Å². The largest absolute Gasteiger partial charge is 0.308 e. The molecule has 0 atom stereocenters. The molecule has 0 aliphatic carbocycles. The molecule has 1 N–H and O–H groups in total. The van der Waals surface area contributed by atoms with Gasteiger partial charge in [0, 0.05) is 27.7 Å². The van der Waals surface area contributed by atoms with Crippen LogP contribution < -0.4 is 5.32 Å². The van der Waals surface area contributed by atoms with Crippen LogP contribution in [0.1, 0.15) is 46.6 Å². The van der Waals surface area contributed by atoms with Gasteiger partial charge in [0.1, 0.15) is 0 Å². The fourth-order valence-electron chi connectivity index (χ4n) is 2.42. The predicted octanol–water partition coefficient (Wildman–Crippen LogP) is 5.30. The number of halogens is 2. The van der Waals surface area contributed by atoms with E-state index in [1.807, 2.05) is 18.2 Å². The van der Waals surface area contributed by atoms with Crippen LogP contribution >= 0.6 is 23.2 Å². The molecular weight excluding hydrogens is 265 g/mol. The highest BCUT2D eigenvalue weighted by molar-refractivity contribution is 6.35. The van der Waals surface area contributed by atoms with E-state index in [1.54, 1.807) is 0 Å². The molecule has 0 saturated heterocycles. The highest BCUT2D eigenvalue weighted by Crippen LogP contribution is 2.29. The summed E-state index contributed by atoms with van der Waals surface area (Å²) in [5.74, 6) is 0. The SMILES string of the molecule is CC(C)(C)CC(C)(C)NCc1c(Cl)cccc1Cl. The van der Waals surface area contributed by atoms with E-state index < -0.39 is 0 Å². The monoisotopic (exact) mass is 287 g/mol. The van der Waals surface area contributed by atoms with Crippen molar-refractivity contribution >= 4 is 23.2 Å². The second kappa shape index (κ2) is 5.81. The smallest absolute Gasteiger partial charge is 0.0465 e. The highest BCUT2D eigenvalue weighted by atomic mass is 35.5. The molecule has 0 aliphatic heterocycles.